The lowest BCUT2D eigenvalue weighted by atomic mass is 9.70. The highest BCUT2D eigenvalue weighted by Crippen LogP contribution is 2.45. The smallest absolute Gasteiger partial charge is 0.407 e. The van der Waals surface area contributed by atoms with Crippen LogP contribution < -0.4 is 5.32 Å². The van der Waals surface area contributed by atoms with Gasteiger partial charge < -0.3 is 10.1 Å². The van der Waals surface area contributed by atoms with Crippen molar-refractivity contribution in [1.29, 1.82) is 0 Å². The first kappa shape index (κ1) is 20.8. The molecule has 3 aliphatic heterocycles. The van der Waals surface area contributed by atoms with Gasteiger partial charge in [-0.15, -0.1) is 0 Å². The minimum Gasteiger partial charge on any atom is -0.445 e. The van der Waals surface area contributed by atoms with E-state index < -0.39 is 0 Å². The van der Waals surface area contributed by atoms with Gasteiger partial charge in [0.1, 0.15) is 6.10 Å². The van der Waals surface area contributed by atoms with Crippen LogP contribution in [0.2, 0.25) is 5.02 Å². The summed E-state index contributed by atoms with van der Waals surface area (Å²) in [5.41, 5.74) is 4.61. The zero-order valence-corrected chi connectivity index (χ0v) is 19.1. The second kappa shape index (κ2) is 8.14. The Balaban J connectivity index is 1.36. The van der Waals surface area contributed by atoms with Gasteiger partial charge in [0.25, 0.3) is 0 Å². The molecule has 164 valence electrons. The summed E-state index contributed by atoms with van der Waals surface area (Å²) in [4.78, 5) is 15.3. The Morgan fingerprint density at radius 1 is 1.16 bits per heavy atom. The maximum absolute atomic E-state index is 12.9. The number of rotatable bonds is 3. The molecule has 2 bridgehead atoms. The fourth-order valence-electron chi connectivity index (χ4n) is 5.60. The Morgan fingerprint density at radius 2 is 1.94 bits per heavy atom. The van der Waals surface area contributed by atoms with E-state index >= 15 is 0 Å². The topological polar surface area (TPSA) is 41.6 Å². The van der Waals surface area contributed by atoms with Crippen molar-refractivity contribution in [1.82, 2.24) is 10.2 Å². The molecule has 1 N–H and O–H groups in total. The molecule has 3 heterocycles. The molecule has 31 heavy (non-hydrogen) atoms. The average molecular weight is 439 g/mol. The van der Waals surface area contributed by atoms with Crippen molar-refractivity contribution in [3.63, 3.8) is 0 Å². The van der Waals surface area contributed by atoms with Crippen LogP contribution in [0.15, 0.2) is 42.5 Å². The molecule has 6 rings (SSSR count). The third kappa shape index (κ3) is 4.08. The number of hydrogen-bond donors (Lipinski definition) is 1. The molecular formula is C26H31ClN2O2. The van der Waals surface area contributed by atoms with Crippen LogP contribution in [-0.2, 0) is 11.2 Å². The first-order valence-corrected chi connectivity index (χ1v) is 11.9. The van der Waals surface area contributed by atoms with Gasteiger partial charge in [0.05, 0.1) is 6.04 Å². The van der Waals surface area contributed by atoms with Crippen LogP contribution in [-0.4, -0.2) is 36.7 Å². The van der Waals surface area contributed by atoms with Crippen LogP contribution >= 0.6 is 11.6 Å². The van der Waals surface area contributed by atoms with Gasteiger partial charge in [-0.3, -0.25) is 4.90 Å². The number of amides is 1. The minimum atomic E-state index is -0.278. The maximum atomic E-state index is 12.9. The van der Waals surface area contributed by atoms with Gasteiger partial charge in [-0.25, -0.2) is 4.79 Å². The number of carbonyl (C=O) groups is 1. The van der Waals surface area contributed by atoms with Crippen LogP contribution in [0.25, 0.3) is 11.1 Å². The number of nitrogens with one attached hydrogen (secondary N) is 1. The second-order valence-corrected chi connectivity index (χ2v) is 10.4. The van der Waals surface area contributed by atoms with E-state index in [0.717, 1.165) is 61.5 Å². The predicted molar refractivity (Wildman–Crippen MR) is 124 cm³/mol. The van der Waals surface area contributed by atoms with E-state index in [1.165, 1.54) is 11.1 Å². The lowest BCUT2D eigenvalue weighted by Crippen LogP contribution is -2.53. The number of hydrogen-bond acceptors (Lipinski definition) is 3. The molecule has 1 unspecified atom stereocenters. The van der Waals surface area contributed by atoms with E-state index in [2.05, 4.69) is 48.3 Å². The molecule has 0 aromatic heterocycles. The molecule has 1 aliphatic carbocycles. The van der Waals surface area contributed by atoms with Gasteiger partial charge in [-0.1, -0.05) is 61.8 Å². The van der Waals surface area contributed by atoms with Crippen molar-refractivity contribution in [3.05, 3.63) is 58.6 Å². The zero-order valence-electron chi connectivity index (χ0n) is 18.4. The molecule has 2 atom stereocenters. The summed E-state index contributed by atoms with van der Waals surface area (Å²) < 4.78 is 5.94. The summed E-state index contributed by atoms with van der Waals surface area (Å²) in [6.45, 7) is 7.63. The molecular weight excluding hydrogens is 408 g/mol. The largest absolute Gasteiger partial charge is 0.445 e. The van der Waals surface area contributed by atoms with Gasteiger partial charge in [0.2, 0.25) is 0 Å². The van der Waals surface area contributed by atoms with Crippen molar-refractivity contribution in [2.75, 3.05) is 19.6 Å². The molecule has 3 fully saturated rings. The summed E-state index contributed by atoms with van der Waals surface area (Å²) in [6.07, 6.45) is 4.03. The van der Waals surface area contributed by atoms with E-state index in [1.54, 1.807) is 0 Å². The number of benzene rings is 2. The quantitative estimate of drug-likeness (QED) is 0.654. The summed E-state index contributed by atoms with van der Waals surface area (Å²) in [5, 5.41) is 4.00. The second-order valence-electron chi connectivity index (χ2n) is 10.0. The lowest BCUT2D eigenvalue weighted by Gasteiger charge is -2.44. The van der Waals surface area contributed by atoms with E-state index in [9.17, 15) is 4.79 Å². The Kier molecular flexibility index (Phi) is 5.47. The minimum absolute atomic E-state index is 0.0243. The molecule has 4 aliphatic rings. The third-order valence-corrected chi connectivity index (χ3v) is 7.91. The molecule has 3 saturated heterocycles. The van der Waals surface area contributed by atoms with Crippen LogP contribution in [0.3, 0.4) is 0 Å². The predicted octanol–water partition coefficient (Wildman–Crippen LogP) is 5.84. The highest BCUT2D eigenvalue weighted by atomic mass is 35.5. The Hall–Kier alpha value is -2.04. The summed E-state index contributed by atoms with van der Waals surface area (Å²) in [7, 11) is 0. The van der Waals surface area contributed by atoms with Crippen LogP contribution in [0.5, 0.6) is 0 Å². The van der Waals surface area contributed by atoms with Gasteiger partial charge >= 0.3 is 6.09 Å². The normalized spacial score (nSPS) is 28.6. The highest BCUT2D eigenvalue weighted by molar-refractivity contribution is 6.33. The summed E-state index contributed by atoms with van der Waals surface area (Å²) in [6, 6.07) is 14.4. The summed E-state index contributed by atoms with van der Waals surface area (Å²) in [5.74, 6) is 0.514. The van der Waals surface area contributed by atoms with E-state index in [-0.39, 0.29) is 23.7 Å². The van der Waals surface area contributed by atoms with Crippen molar-refractivity contribution in [3.8, 4) is 11.1 Å². The number of carbonyl (C=O) groups excluding carboxylic acids is 1. The number of aryl methyl sites for hydroxylation is 1. The maximum Gasteiger partial charge on any atom is 0.407 e. The fourth-order valence-corrected chi connectivity index (χ4v) is 5.84. The number of halogens is 1. The number of fused-ring (bicyclic) bond motifs is 4. The first-order valence-electron chi connectivity index (χ1n) is 11.5. The van der Waals surface area contributed by atoms with E-state index in [0.29, 0.717) is 5.92 Å². The molecule has 4 nitrogen and oxygen atoms in total. The standard InChI is InChI=1S/C26H31ClN2O2/c1-26(2)12-9-19-15-18(20-5-3-4-6-22(20)27)7-8-21(19)24(26)28-25(30)31-23-16-29-13-10-17(23)11-14-29/h3-8,15,17,23-24H,9-14,16H2,1-2H3,(H,28,30)/t23-,24?/m0/s1. The Labute approximate surface area is 189 Å². The van der Waals surface area contributed by atoms with Crippen LogP contribution in [0, 0.1) is 11.3 Å². The van der Waals surface area contributed by atoms with Crippen molar-refractivity contribution in [2.45, 2.75) is 51.7 Å². The molecule has 2 aromatic rings. The van der Waals surface area contributed by atoms with Crippen molar-refractivity contribution < 1.29 is 9.53 Å². The summed E-state index contributed by atoms with van der Waals surface area (Å²) >= 11 is 6.43. The highest BCUT2D eigenvalue weighted by Gasteiger charge is 2.40. The van der Waals surface area contributed by atoms with Gasteiger partial charge in [-0.05, 0) is 72.9 Å². The molecule has 0 spiro atoms. The molecule has 5 heteroatoms. The number of ether oxygens (including phenoxy) is 1. The Bertz CT molecular complexity index is 981. The van der Waals surface area contributed by atoms with Gasteiger partial charge in [-0.2, -0.15) is 0 Å². The van der Waals surface area contributed by atoms with E-state index in [4.69, 9.17) is 16.3 Å². The van der Waals surface area contributed by atoms with Gasteiger partial charge in [0.15, 0.2) is 0 Å². The monoisotopic (exact) mass is 438 g/mol. The fraction of sp³-hybridized carbons (Fsp3) is 0.500. The number of alkyl carbamates (subject to hydrolysis) is 1. The van der Waals surface area contributed by atoms with Gasteiger partial charge in [0, 0.05) is 17.1 Å². The number of nitrogens with zero attached hydrogens (tertiary/aromatic N) is 1. The van der Waals surface area contributed by atoms with Crippen molar-refractivity contribution in [2.24, 2.45) is 11.3 Å². The third-order valence-electron chi connectivity index (χ3n) is 7.58. The van der Waals surface area contributed by atoms with E-state index in [1.807, 2.05) is 18.2 Å². The average Bonchev–Trinajstić information content (AvgIpc) is 2.77. The van der Waals surface area contributed by atoms with Crippen LogP contribution in [0.1, 0.15) is 50.3 Å². The van der Waals surface area contributed by atoms with Crippen LogP contribution in [0.4, 0.5) is 4.79 Å². The zero-order chi connectivity index (χ0) is 21.6. The Morgan fingerprint density at radius 3 is 2.65 bits per heavy atom. The SMILES string of the molecule is CC1(C)CCc2cc(-c3ccccc3Cl)ccc2C1NC(=O)O[C@H]1CN2CCC1CC2. The first-order chi connectivity index (χ1) is 14.9. The molecule has 2 aromatic carbocycles. The molecule has 0 radical (unpaired) electrons. The molecule has 0 saturated carbocycles. The molecule has 1 amide bonds. The lowest BCUT2D eigenvalue weighted by molar-refractivity contribution is -0.0353. The van der Waals surface area contributed by atoms with Crippen molar-refractivity contribution >= 4 is 17.7 Å². The number of piperidine rings is 3.